The maximum Gasteiger partial charge on any atom is 0.255 e. The topological polar surface area (TPSA) is 54.0 Å². The zero-order valence-corrected chi connectivity index (χ0v) is 14.9. The number of carbonyl (C=O) groups excluding carboxylic acids is 1. The molecule has 1 aromatic carbocycles. The van der Waals surface area contributed by atoms with E-state index in [1.165, 1.54) is 0 Å². The van der Waals surface area contributed by atoms with Crippen molar-refractivity contribution in [1.29, 1.82) is 0 Å². The standard InChI is InChI=1S/C15H15Br2N3O/c1-3-11-6-9(7-14(18-2)19-11)15(21)20-13-8-10(16)4-5-12(13)17/h4-8H,3H2,1-2H3,(H,18,19)(H,20,21). The van der Waals surface area contributed by atoms with Crippen molar-refractivity contribution in [2.24, 2.45) is 0 Å². The van der Waals surface area contributed by atoms with Gasteiger partial charge in [-0.25, -0.2) is 4.98 Å². The lowest BCUT2D eigenvalue weighted by Crippen LogP contribution is -2.13. The molecule has 2 rings (SSSR count). The Balaban J connectivity index is 2.29. The fraction of sp³-hybridized carbons (Fsp3) is 0.200. The van der Waals surface area contributed by atoms with E-state index in [1.807, 2.05) is 31.2 Å². The minimum Gasteiger partial charge on any atom is -0.373 e. The summed E-state index contributed by atoms with van der Waals surface area (Å²) in [5, 5.41) is 5.87. The van der Waals surface area contributed by atoms with E-state index in [2.05, 4.69) is 47.5 Å². The van der Waals surface area contributed by atoms with Crippen molar-refractivity contribution in [3.8, 4) is 0 Å². The molecule has 2 N–H and O–H groups in total. The molecule has 0 saturated carbocycles. The predicted molar refractivity (Wildman–Crippen MR) is 93.0 cm³/mol. The molecule has 0 radical (unpaired) electrons. The van der Waals surface area contributed by atoms with Gasteiger partial charge >= 0.3 is 0 Å². The van der Waals surface area contributed by atoms with Gasteiger partial charge in [0, 0.05) is 27.3 Å². The highest BCUT2D eigenvalue weighted by Gasteiger charge is 2.11. The van der Waals surface area contributed by atoms with Gasteiger partial charge in [-0.1, -0.05) is 22.9 Å². The number of halogens is 2. The summed E-state index contributed by atoms with van der Waals surface area (Å²) in [6.07, 6.45) is 0.774. The third-order valence-corrected chi connectivity index (χ3v) is 4.12. The number of aromatic nitrogens is 1. The van der Waals surface area contributed by atoms with E-state index in [9.17, 15) is 4.79 Å². The molecule has 0 bridgehead atoms. The Bertz CT molecular complexity index is 652. The lowest BCUT2D eigenvalue weighted by atomic mass is 10.1. The van der Waals surface area contributed by atoms with Crippen LogP contribution in [-0.2, 0) is 6.42 Å². The molecule has 1 heterocycles. The molecule has 0 aliphatic carbocycles. The van der Waals surface area contributed by atoms with Crippen molar-refractivity contribution in [3.63, 3.8) is 0 Å². The van der Waals surface area contributed by atoms with E-state index in [4.69, 9.17) is 0 Å². The molecule has 1 aromatic heterocycles. The third kappa shape index (κ3) is 4.04. The molecule has 0 aliphatic rings. The van der Waals surface area contributed by atoms with Crippen molar-refractivity contribution in [2.45, 2.75) is 13.3 Å². The smallest absolute Gasteiger partial charge is 0.255 e. The number of pyridine rings is 1. The first-order chi connectivity index (χ1) is 10.0. The fourth-order valence-electron chi connectivity index (χ4n) is 1.82. The summed E-state index contributed by atoms with van der Waals surface area (Å²) < 4.78 is 1.73. The van der Waals surface area contributed by atoms with Crippen LogP contribution in [0.4, 0.5) is 11.5 Å². The van der Waals surface area contributed by atoms with Crippen LogP contribution in [-0.4, -0.2) is 17.9 Å². The number of aryl methyl sites for hydroxylation is 1. The van der Waals surface area contributed by atoms with Gasteiger partial charge in [-0.3, -0.25) is 4.79 Å². The SMILES string of the molecule is CCc1cc(C(=O)Nc2cc(Br)ccc2Br)cc(NC)n1. The normalized spacial score (nSPS) is 10.3. The Morgan fingerprint density at radius 2 is 2.00 bits per heavy atom. The van der Waals surface area contributed by atoms with Gasteiger partial charge in [0.15, 0.2) is 0 Å². The van der Waals surface area contributed by atoms with Crippen LogP contribution in [0.15, 0.2) is 39.3 Å². The van der Waals surface area contributed by atoms with Crippen LogP contribution < -0.4 is 10.6 Å². The highest BCUT2D eigenvalue weighted by Crippen LogP contribution is 2.26. The molecule has 4 nitrogen and oxygen atoms in total. The largest absolute Gasteiger partial charge is 0.373 e. The van der Waals surface area contributed by atoms with Crippen LogP contribution in [0.25, 0.3) is 0 Å². The van der Waals surface area contributed by atoms with Gasteiger partial charge in [0.1, 0.15) is 5.82 Å². The number of rotatable bonds is 4. The Kier molecular flexibility index (Phi) is 5.36. The first-order valence-corrected chi connectivity index (χ1v) is 8.07. The summed E-state index contributed by atoms with van der Waals surface area (Å²) in [4.78, 5) is 16.8. The molecule has 110 valence electrons. The lowest BCUT2D eigenvalue weighted by molar-refractivity contribution is 0.102. The zero-order chi connectivity index (χ0) is 15.4. The molecule has 2 aromatic rings. The average molecular weight is 413 g/mol. The number of amides is 1. The second-order valence-electron chi connectivity index (χ2n) is 4.41. The predicted octanol–water partition coefficient (Wildman–Crippen LogP) is 4.46. The quantitative estimate of drug-likeness (QED) is 0.779. The molecule has 0 aliphatic heterocycles. The summed E-state index contributed by atoms with van der Waals surface area (Å²) in [5.41, 5.74) is 2.17. The number of hydrogen-bond donors (Lipinski definition) is 2. The van der Waals surface area contributed by atoms with E-state index < -0.39 is 0 Å². The highest BCUT2D eigenvalue weighted by molar-refractivity contribution is 9.11. The molecule has 0 spiro atoms. The van der Waals surface area contributed by atoms with E-state index >= 15 is 0 Å². The van der Waals surface area contributed by atoms with Gasteiger partial charge in [-0.2, -0.15) is 0 Å². The Labute approximate surface area is 140 Å². The van der Waals surface area contributed by atoms with Crippen LogP contribution in [0.2, 0.25) is 0 Å². The lowest BCUT2D eigenvalue weighted by Gasteiger charge is -2.10. The maximum atomic E-state index is 12.4. The van der Waals surface area contributed by atoms with E-state index in [0.29, 0.717) is 11.4 Å². The second kappa shape index (κ2) is 7.04. The van der Waals surface area contributed by atoms with Gasteiger partial charge in [-0.05, 0) is 52.7 Å². The van der Waals surface area contributed by atoms with Gasteiger partial charge in [0.05, 0.1) is 5.69 Å². The molecule has 0 unspecified atom stereocenters. The molecule has 1 amide bonds. The average Bonchev–Trinajstić information content (AvgIpc) is 2.50. The minimum atomic E-state index is -0.164. The van der Waals surface area contributed by atoms with E-state index in [-0.39, 0.29) is 5.91 Å². The number of hydrogen-bond acceptors (Lipinski definition) is 3. The first kappa shape index (κ1) is 16.0. The summed E-state index contributed by atoms with van der Waals surface area (Å²) in [6.45, 7) is 2.01. The number of anilines is 2. The zero-order valence-electron chi connectivity index (χ0n) is 11.7. The third-order valence-electron chi connectivity index (χ3n) is 2.94. The molecule has 0 fully saturated rings. The minimum absolute atomic E-state index is 0.164. The second-order valence-corrected chi connectivity index (χ2v) is 6.18. The Morgan fingerprint density at radius 1 is 1.24 bits per heavy atom. The van der Waals surface area contributed by atoms with Crippen LogP contribution >= 0.6 is 31.9 Å². The van der Waals surface area contributed by atoms with Gasteiger partial charge in [-0.15, -0.1) is 0 Å². The highest BCUT2D eigenvalue weighted by atomic mass is 79.9. The van der Waals surface area contributed by atoms with Gasteiger partial charge < -0.3 is 10.6 Å². The number of nitrogens with one attached hydrogen (secondary N) is 2. The van der Waals surface area contributed by atoms with Gasteiger partial charge in [0.25, 0.3) is 5.91 Å². The maximum absolute atomic E-state index is 12.4. The van der Waals surface area contributed by atoms with Gasteiger partial charge in [0.2, 0.25) is 0 Å². The van der Waals surface area contributed by atoms with Crippen molar-refractivity contribution in [1.82, 2.24) is 4.98 Å². The van der Waals surface area contributed by atoms with Crippen molar-refractivity contribution in [3.05, 3.63) is 50.5 Å². The summed E-state index contributed by atoms with van der Waals surface area (Å²) >= 11 is 6.82. The van der Waals surface area contributed by atoms with Crippen LogP contribution in [0.1, 0.15) is 23.0 Å². The Morgan fingerprint density at radius 3 is 2.67 bits per heavy atom. The number of benzene rings is 1. The first-order valence-electron chi connectivity index (χ1n) is 6.48. The number of nitrogens with zero attached hydrogens (tertiary/aromatic N) is 1. The van der Waals surface area contributed by atoms with Crippen LogP contribution in [0, 0.1) is 0 Å². The molecular formula is C15H15Br2N3O. The molecule has 21 heavy (non-hydrogen) atoms. The van der Waals surface area contributed by atoms with Crippen molar-refractivity contribution < 1.29 is 4.79 Å². The van der Waals surface area contributed by atoms with E-state index in [1.54, 1.807) is 13.1 Å². The molecule has 0 atom stereocenters. The summed E-state index contributed by atoms with van der Waals surface area (Å²) in [5.74, 6) is 0.523. The number of carbonyl (C=O) groups is 1. The summed E-state index contributed by atoms with van der Waals surface area (Å²) in [6, 6.07) is 9.18. The van der Waals surface area contributed by atoms with Crippen molar-refractivity contribution in [2.75, 3.05) is 17.7 Å². The summed E-state index contributed by atoms with van der Waals surface area (Å²) in [7, 11) is 1.79. The molecule has 6 heteroatoms. The monoisotopic (exact) mass is 411 g/mol. The fourth-order valence-corrected chi connectivity index (χ4v) is 2.52. The molecule has 0 saturated heterocycles. The van der Waals surface area contributed by atoms with E-state index in [0.717, 1.165) is 26.7 Å². The van der Waals surface area contributed by atoms with Crippen LogP contribution in [0.5, 0.6) is 0 Å². The van der Waals surface area contributed by atoms with Crippen molar-refractivity contribution >= 4 is 49.3 Å². The van der Waals surface area contributed by atoms with Crippen LogP contribution in [0.3, 0.4) is 0 Å². The molecular weight excluding hydrogens is 398 g/mol. The Hall–Kier alpha value is -1.40.